The monoisotopic (exact) mass is 594 g/mol. The van der Waals surface area contributed by atoms with Gasteiger partial charge < -0.3 is 19.9 Å². The average Bonchev–Trinajstić information content (AvgIpc) is 3.29. The number of carbonyl (C=O) groups is 3. The lowest BCUT2D eigenvalue weighted by Gasteiger charge is -2.36. The van der Waals surface area contributed by atoms with Gasteiger partial charge in [-0.05, 0) is 59.7 Å². The smallest absolute Gasteiger partial charge is 0.266 e. The highest BCUT2D eigenvalue weighted by molar-refractivity contribution is 7.99. The highest BCUT2D eigenvalue weighted by Crippen LogP contribution is 2.40. The van der Waals surface area contributed by atoms with Crippen molar-refractivity contribution in [1.29, 1.82) is 0 Å². The molecule has 0 radical (unpaired) electrons. The van der Waals surface area contributed by atoms with E-state index in [1.165, 1.54) is 11.8 Å². The van der Waals surface area contributed by atoms with Crippen molar-refractivity contribution in [3.8, 4) is 0 Å². The maximum Gasteiger partial charge on any atom is 0.266 e. The summed E-state index contributed by atoms with van der Waals surface area (Å²) in [5, 5.41) is 12.3. The van der Waals surface area contributed by atoms with E-state index in [1.54, 1.807) is 48.2 Å². The van der Waals surface area contributed by atoms with Crippen LogP contribution < -0.4 is 10.2 Å². The van der Waals surface area contributed by atoms with Gasteiger partial charge in [-0.3, -0.25) is 14.4 Å². The number of nitrogens with one attached hydrogen (secondary N) is 1. The SMILES string of the molecule is CC(=O)Nc1ccc(SCC2CC(c3ccc(CO)cc3)OC(c3ccc(N4C(=O)c5ccccc5C4=O)cc3)O2)cc1. The number of ether oxygens (including phenoxy) is 2. The van der Waals surface area contributed by atoms with Gasteiger partial charge in [0.2, 0.25) is 5.91 Å². The molecule has 0 aromatic heterocycles. The van der Waals surface area contributed by atoms with E-state index in [0.717, 1.165) is 27.3 Å². The van der Waals surface area contributed by atoms with Crippen LogP contribution in [0.2, 0.25) is 0 Å². The molecule has 2 heterocycles. The number of rotatable bonds is 8. The Morgan fingerprint density at radius 3 is 2.09 bits per heavy atom. The molecule has 43 heavy (non-hydrogen) atoms. The second kappa shape index (κ2) is 12.5. The maximum absolute atomic E-state index is 13.0. The molecule has 2 aliphatic rings. The summed E-state index contributed by atoms with van der Waals surface area (Å²) in [6.45, 7) is 1.45. The molecular formula is C34H30N2O6S. The molecule has 1 saturated heterocycles. The predicted octanol–water partition coefficient (Wildman–Crippen LogP) is 6.28. The number of benzene rings is 4. The zero-order valence-corrected chi connectivity index (χ0v) is 24.3. The van der Waals surface area contributed by atoms with Gasteiger partial charge in [-0.1, -0.05) is 48.5 Å². The van der Waals surface area contributed by atoms with Crippen LogP contribution in [-0.2, 0) is 20.9 Å². The number of imide groups is 1. The molecule has 0 spiro atoms. The van der Waals surface area contributed by atoms with Gasteiger partial charge in [-0.2, -0.15) is 0 Å². The van der Waals surface area contributed by atoms with Crippen LogP contribution in [0.25, 0.3) is 0 Å². The lowest BCUT2D eigenvalue weighted by molar-refractivity contribution is -0.245. The molecule has 218 valence electrons. The summed E-state index contributed by atoms with van der Waals surface area (Å²) in [5.74, 6) is -0.117. The molecule has 6 rings (SSSR count). The fraction of sp³-hybridized carbons (Fsp3) is 0.206. The van der Waals surface area contributed by atoms with Gasteiger partial charge in [0.05, 0.1) is 35.6 Å². The second-order valence-corrected chi connectivity index (χ2v) is 11.5. The standard InChI is InChI=1S/C34H30N2O6S/c1-21(38)35-25-12-16-28(17-13-25)43-20-27-18-31(23-8-6-22(19-37)7-9-23)42-34(41-27)24-10-14-26(15-11-24)36-32(39)29-4-2-3-5-30(29)33(36)40/h2-17,27,31,34,37H,18-20H2,1H3,(H,35,38). The molecule has 3 amide bonds. The molecule has 0 bridgehead atoms. The Labute approximate surface area is 253 Å². The molecule has 2 aliphatic heterocycles. The fourth-order valence-corrected chi connectivity index (χ4v) is 6.18. The molecule has 4 aromatic rings. The minimum Gasteiger partial charge on any atom is -0.392 e. The lowest BCUT2D eigenvalue weighted by Crippen LogP contribution is -2.31. The Morgan fingerprint density at radius 2 is 1.49 bits per heavy atom. The minimum atomic E-state index is -0.666. The Balaban J connectivity index is 1.20. The van der Waals surface area contributed by atoms with E-state index in [4.69, 9.17) is 9.47 Å². The van der Waals surface area contributed by atoms with Crippen molar-refractivity contribution >= 4 is 40.9 Å². The van der Waals surface area contributed by atoms with Crippen molar-refractivity contribution in [1.82, 2.24) is 0 Å². The fourth-order valence-electron chi connectivity index (χ4n) is 5.25. The Bertz CT molecular complexity index is 1600. The van der Waals surface area contributed by atoms with Crippen LogP contribution in [-0.4, -0.2) is 34.7 Å². The molecule has 4 aromatic carbocycles. The first kappa shape index (κ1) is 28.8. The van der Waals surface area contributed by atoms with E-state index in [9.17, 15) is 19.5 Å². The van der Waals surface area contributed by atoms with E-state index < -0.39 is 6.29 Å². The van der Waals surface area contributed by atoms with Crippen molar-refractivity contribution in [2.45, 2.75) is 43.3 Å². The van der Waals surface area contributed by atoms with Crippen LogP contribution in [0.5, 0.6) is 0 Å². The molecule has 9 heteroatoms. The first-order chi connectivity index (χ1) is 20.9. The number of thioether (sulfide) groups is 1. The highest BCUT2D eigenvalue weighted by atomic mass is 32.2. The van der Waals surface area contributed by atoms with Crippen molar-refractivity contribution in [2.75, 3.05) is 16.0 Å². The largest absolute Gasteiger partial charge is 0.392 e. The third kappa shape index (κ3) is 6.25. The molecule has 0 aliphatic carbocycles. The zero-order valence-electron chi connectivity index (χ0n) is 23.4. The second-order valence-electron chi connectivity index (χ2n) is 10.4. The van der Waals surface area contributed by atoms with Crippen molar-refractivity contribution in [3.05, 3.63) is 125 Å². The summed E-state index contributed by atoms with van der Waals surface area (Å²) in [6.07, 6.45) is -0.411. The van der Waals surface area contributed by atoms with Crippen molar-refractivity contribution in [2.24, 2.45) is 0 Å². The molecule has 3 atom stereocenters. The van der Waals surface area contributed by atoms with Gasteiger partial charge in [-0.15, -0.1) is 11.8 Å². The van der Waals surface area contributed by atoms with Gasteiger partial charge >= 0.3 is 0 Å². The number of hydrogen-bond acceptors (Lipinski definition) is 7. The normalized spacial score (nSPS) is 19.8. The molecule has 8 nitrogen and oxygen atoms in total. The van der Waals surface area contributed by atoms with Gasteiger partial charge in [0.25, 0.3) is 11.8 Å². The molecule has 1 fully saturated rings. The van der Waals surface area contributed by atoms with Gasteiger partial charge in [0.15, 0.2) is 6.29 Å². The van der Waals surface area contributed by atoms with Crippen LogP contribution in [0, 0.1) is 0 Å². The number of nitrogens with zero attached hydrogens (tertiary/aromatic N) is 1. The zero-order chi connectivity index (χ0) is 29.9. The third-order valence-corrected chi connectivity index (χ3v) is 8.59. The maximum atomic E-state index is 13.0. The van der Waals surface area contributed by atoms with Gasteiger partial charge in [0.1, 0.15) is 0 Å². The quantitative estimate of drug-likeness (QED) is 0.183. The van der Waals surface area contributed by atoms with Crippen LogP contribution in [0.3, 0.4) is 0 Å². The summed E-state index contributed by atoms with van der Waals surface area (Å²) < 4.78 is 12.9. The number of amides is 3. The van der Waals surface area contributed by atoms with Crippen molar-refractivity contribution in [3.63, 3.8) is 0 Å². The lowest BCUT2D eigenvalue weighted by atomic mass is 10.0. The Kier molecular flexibility index (Phi) is 8.40. The summed E-state index contributed by atoms with van der Waals surface area (Å²) >= 11 is 1.66. The van der Waals surface area contributed by atoms with E-state index in [2.05, 4.69) is 5.32 Å². The van der Waals surface area contributed by atoms with Crippen LogP contribution in [0.4, 0.5) is 11.4 Å². The predicted molar refractivity (Wildman–Crippen MR) is 164 cm³/mol. The highest BCUT2D eigenvalue weighted by Gasteiger charge is 2.37. The van der Waals surface area contributed by atoms with Crippen LogP contribution in [0.1, 0.15) is 63.1 Å². The number of carbonyl (C=O) groups excluding carboxylic acids is 3. The average molecular weight is 595 g/mol. The first-order valence-corrected chi connectivity index (χ1v) is 15.0. The number of hydrogen-bond donors (Lipinski definition) is 2. The third-order valence-electron chi connectivity index (χ3n) is 7.44. The van der Waals surface area contributed by atoms with E-state index >= 15 is 0 Å². The number of fused-ring (bicyclic) bond motifs is 1. The van der Waals surface area contributed by atoms with Crippen LogP contribution in [0.15, 0.2) is 102 Å². The summed E-state index contributed by atoms with van der Waals surface area (Å²) in [4.78, 5) is 39.5. The molecule has 2 N–H and O–H groups in total. The van der Waals surface area contributed by atoms with E-state index in [0.29, 0.717) is 29.0 Å². The van der Waals surface area contributed by atoms with Crippen molar-refractivity contribution < 1.29 is 29.0 Å². The van der Waals surface area contributed by atoms with Gasteiger partial charge in [0, 0.05) is 35.2 Å². The topological polar surface area (TPSA) is 105 Å². The van der Waals surface area contributed by atoms with E-state index in [1.807, 2.05) is 60.7 Å². The Hall–Kier alpha value is -4.28. The number of aliphatic hydroxyl groups excluding tert-OH is 1. The van der Waals surface area contributed by atoms with Gasteiger partial charge in [-0.25, -0.2) is 4.90 Å². The summed E-state index contributed by atoms with van der Waals surface area (Å²) in [7, 11) is 0. The summed E-state index contributed by atoms with van der Waals surface area (Å²) in [5.41, 5.74) is 4.61. The number of anilines is 2. The first-order valence-electron chi connectivity index (χ1n) is 14.0. The molecule has 3 unspecified atom stereocenters. The number of aliphatic hydroxyl groups is 1. The minimum absolute atomic E-state index is 0.0308. The molecule has 0 saturated carbocycles. The molecular weight excluding hydrogens is 564 g/mol. The summed E-state index contributed by atoms with van der Waals surface area (Å²) in [6, 6.07) is 29.3. The van der Waals surface area contributed by atoms with E-state index in [-0.39, 0.29) is 36.5 Å². The Morgan fingerprint density at radius 1 is 0.860 bits per heavy atom. The van der Waals surface area contributed by atoms with Crippen LogP contribution >= 0.6 is 11.8 Å².